The van der Waals surface area contributed by atoms with E-state index in [4.69, 9.17) is 9.47 Å². The van der Waals surface area contributed by atoms with Crippen molar-refractivity contribution in [2.75, 3.05) is 58.0 Å². The Morgan fingerprint density at radius 3 is 2.88 bits per heavy atom. The highest BCUT2D eigenvalue weighted by Gasteiger charge is 2.25. The van der Waals surface area contributed by atoms with Gasteiger partial charge in [0, 0.05) is 38.9 Å². The number of nitrogens with zero attached hydrogens (tertiary/aromatic N) is 2. The minimum atomic E-state index is -0.561. The van der Waals surface area contributed by atoms with Gasteiger partial charge in [-0.1, -0.05) is 0 Å². The van der Waals surface area contributed by atoms with Crippen molar-refractivity contribution in [1.82, 2.24) is 10.6 Å². The normalized spacial score (nSPS) is 17.6. The van der Waals surface area contributed by atoms with Crippen molar-refractivity contribution in [1.29, 1.82) is 0 Å². The van der Waals surface area contributed by atoms with Gasteiger partial charge in [0.2, 0.25) is 0 Å². The van der Waals surface area contributed by atoms with Crippen LogP contribution in [0, 0.1) is 11.6 Å². The van der Waals surface area contributed by atoms with E-state index < -0.39 is 11.6 Å². The summed E-state index contributed by atoms with van der Waals surface area (Å²) in [5.41, 5.74) is 0.434. The maximum absolute atomic E-state index is 13.9. The van der Waals surface area contributed by atoms with Gasteiger partial charge in [0.25, 0.3) is 0 Å². The highest BCUT2D eigenvalue weighted by molar-refractivity contribution is 5.80. The Morgan fingerprint density at radius 1 is 1.31 bits per heavy atom. The molecule has 1 saturated heterocycles. The van der Waals surface area contributed by atoms with E-state index in [1.54, 1.807) is 7.11 Å². The van der Waals surface area contributed by atoms with Crippen LogP contribution in [0.1, 0.15) is 13.3 Å². The van der Waals surface area contributed by atoms with Gasteiger partial charge < -0.3 is 25.0 Å². The number of rotatable bonds is 9. The van der Waals surface area contributed by atoms with Gasteiger partial charge in [0.1, 0.15) is 11.6 Å². The summed E-state index contributed by atoms with van der Waals surface area (Å²) in [6, 6.07) is 3.84. The van der Waals surface area contributed by atoms with Gasteiger partial charge in [-0.2, -0.15) is 0 Å². The lowest BCUT2D eigenvalue weighted by Crippen LogP contribution is -2.44. The summed E-state index contributed by atoms with van der Waals surface area (Å²) >= 11 is 0. The van der Waals surface area contributed by atoms with Crippen LogP contribution in [0.3, 0.4) is 0 Å². The second-order valence-electron chi connectivity index (χ2n) is 6.04. The van der Waals surface area contributed by atoms with Crippen molar-refractivity contribution in [2.24, 2.45) is 4.99 Å². The van der Waals surface area contributed by atoms with Crippen LogP contribution in [-0.2, 0) is 9.47 Å². The van der Waals surface area contributed by atoms with Crippen molar-refractivity contribution in [3.63, 3.8) is 0 Å². The Labute approximate surface area is 153 Å². The first kappa shape index (κ1) is 20.4. The molecular weight excluding hydrogens is 342 g/mol. The van der Waals surface area contributed by atoms with Crippen molar-refractivity contribution in [3.05, 3.63) is 29.8 Å². The van der Waals surface area contributed by atoms with E-state index in [2.05, 4.69) is 15.6 Å². The fourth-order valence-corrected chi connectivity index (χ4v) is 2.81. The number of aliphatic imine (C=N–C) groups is 1. The predicted molar refractivity (Wildman–Crippen MR) is 98.8 cm³/mol. The molecule has 0 spiro atoms. The monoisotopic (exact) mass is 370 g/mol. The number of hydrogen-bond acceptors (Lipinski definition) is 4. The number of ether oxygens (including phenoxy) is 2. The fourth-order valence-electron chi connectivity index (χ4n) is 2.81. The van der Waals surface area contributed by atoms with Gasteiger partial charge in [-0.05, 0) is 25.5 Å². The predicted octanol–water partition coefficient (Wildman–Crippen LogP) is 1.76. The first-order valence-electron chi connectivity index (χ1n) is 8.95. The standard InChI is InChI=1S/C18H28F2N4O2/c1-3-21-18(22-7-9-26-11-10-25-2)23-15-6-8-24(13-15)17-5-4-14(19)12-16(17)20/h4-5,12,15H,3,6-11,13H2,1-2H3,(H2,21,22,23). The molecule has 2 rings (SSSR count). The molecule has 0 aromatic heterocycles. The minimum Gasteiger partial charge on any atom is -0.382 e. The van der Waals surface area contributed by atoms with E-state index in [1.807, 2.05) is 11.8 Å². The van der Waals surface area contributed by atoms with Crippen molar-refractivity contribution in [3.8, 4) is 0 Å². The van der Waals surface area contributed by atoms with Crippen LogP contribution in [0.15, 0.2) is 23.2 Å². The number of halogens is 2. The second kappa shape index (κ2) is 10.9. The number of guanidine groups is 1. The average molecular weight is 370 g/mol. The molecule has 2 N–H and O–H groups in total. The number of methoxy groups -OCH3 is 1. The topological polar surface area (TPSA) is 58.1 Å². The number of benzene rings is 1. The molecule has 6 nitrogen and oxygen atoms in total. The highest BCUT2D eigenvalue weighted by atomic mass is 19.1. The van der Waals surface area contributed by atoms with Crippen LogP contribution in [0.5, 0.6) is 0 Å². The molecule has 1 aromatic rings. The van der Waals surface area contributed by atoms with Crippen LogP contribution < -0.4 is 15.5 Å². The zero-order valence-electron chi connectivity index (χ0n) is 15.4. The zero-order valence-corrected chi connectivity index (χ0v) is 15.4. The van der Waals surface area contributed by atoms with Crippen LogP contribution in [-0.4, -0.2) is 65.1 Å². The Kier molecular flexibility index (Phi) is 8.57. The highest BCUT2D eigenvalue weighted by Crippen LogP contribution is 2.24. The molecule has 0 radical (unpaired) electrons. The van der Waals surface area contributed by atoms with Crippen LogP contribution in [0.2, 0.25) is 0 Å². The van der Waals surface area contributed by atoms with Crippen molar-refractivity contribution in [2.45, 2.75) is 19.4 Å². The average Bonchev–Trinajstić information content (AvgIpc) is 3.06. The third-order valence-corrected chi connectivity index (χ3v) is 4.06. The lowest BCUT2D eigenvalue weighted by molar-refractivity contribution is 0.0748. The van der Waals surface area contributed by atoms with E-state index in [1.165, 1.54) is 12.1 Å². The Morgan fingerprint density at radius 2 is 2.15 bits per heavy atom. The summed E-state index contributed by atoms with van der Waals surface area (Å²) in [6.45, 7) is 6.29. The summed E-state index contributed by atoms with van der Waals surface area (Å²) in [6.07, 6.45) is 0.853. The lowest BCUT2D eigenvalue weighted by atomic mass is 10.2. The molecule has 1 fully saturated rings. The molecule has 1 unspecified atom stereocenters. The van der Waals surface area contributed by atoms with Crippen LogP contribution in [0.4, 0.5) is 14.5 Å². The van der Waals surface area contributed by atoms with Crippen LogP contribution >= 0.6 is 0 Å². The van der Waals surface area contributed by atoms with Crippen LogP contribution in [0.25, 0.3) is 0 Å². The van der Waals surface area contributed by atoms with E-state index >= 15 is 0 Å². The van der Waals surface area contributed by atoms with E-state index in [-0.39, 0.29) is 6.04 Å². The molecular formula is C18H28F2N4O2. The van der Waals surface area contributed by atoms with E-state index in [0.717, 1.165) is 19.0 Å². The molecule has 1 aliphatic rings. The summed E-state index contributed by atoms with van der Waals surface area (Å²) < 4.78 is 37.3. The molecule has 1 aromatic carbocycles. The van der Waals surface area contributed by atoms with Gasteiger partial charge in [-0.15, -0.1) is 0 Å². The first-order valence-corrected chi connectivity index (χ1v) is 8.95. The number of anilines is 1. The molecule has 1 aliphatic heterocycles. The first-order chi connectivity index (χ1) is 12.6. The Balaban J connectivity index is 1.83. The molecule has 0 amide bonds. The summed E-state index contributed by atoms with van der Waals surface area (Å²) in [5.74, 6) is -0.372. The van der Waals surface area contributed by atoms with Gasteiger partial charge in [-0.25, -0.2) is 8.78 Å². The SMILES string of the molecule is CCNC(=NCCOCCOC)NC1CCN(c2ccc(F)cc2F)C1. The lowest BCUT2D eigenvalue weighted by Gasteiger charge is -2.21. The smallest absolute Gasteiger partial charge is 0.191 e. The van der Waals surface area contributed by atoms with E-state index in [0.29, 0.717) is 51.1 Å². The zero-order chi connectivity index (χ0) is 18.8. The van der Waals surface area contributed by atoms with Gasteiger partial charge in [0.15, 0.2) is 5.96 Å². The fraction of sp³-hybridized carbons (Fsp3) is 0.611. The molecule has 1 heterocycles. The Hall–Kier alpha value is -1.93. The third-order valence-electron chi connectivity index (χ3n) is 4.06. The van der Waals surface area contributed by atoms with Crippen molar-refractivity contribution < 1.29 is 18.3 Å². The van der Waals surface area contributed by atoms with Gasteiger partial charge in [-0.3, -0.25) is 4.99 Å². The largest absolute Gasteiger partial charge is 0.382 e. The molecule has 0 aliphatic carbocycles. The van der Waals surface area contributed by atoms with E-state index in [9.17, 15) is 8.78 Å². The summed E-state index contributed by atoms with van der Waals surface area (Å²) in [7, 11) is 1.64. The quantitative estimate of drug-likeness (QED) is 0.394. The van der Waals surface area contributed by atoms with Gasteiger partial charge in [0.05, 0.1) is 32.1 Å². The third kappa shape index (κ3) is 6.42. The molecule has 0 saturated carbocycles. The summed E-state index contributed by atoms with van der Waals surface area (Å²) in [5, 5.41) is 6.57. The molecule has 1 atom stereocenters. The van der Waals surface area contributed by atoms with Crippen molar-refractivity contribution >= 4 is 11.6 Å². The molecule has 8 heteroatoms. The molecule has 146 valence electrons. The minimum absolute atomic E-state index is 0.145. The summed E-state index contributed by atoms with van der Waals surface area (Å²) in [4.78, 5) is 6.41. The molecule has 0 bridgehead atoms. The molecule has 26 heavy (non-hydrogen) atoms. The number of hydrogen-bond donors (Lipinski definition) is 2. The number of nitrogens with one attached hydrogen (secondary N) is 2. The Bertz CT molecular complexity index is 586. The van der Waals surface area contributed by atoms with Gasteiger partial charge >= 0.3 is 0 Å². The second-order valence-corrected chi connectivity index (χ2v) is 6.04. The maximum Gasteiger partial charge on any atom is 0.191 e. The maximum atomic E-state index is 13.9.